The minimum absolute atomic E-state index is 0.0299. The molecule has 1 fully saturated rings. The van der Waals surface area contributed by atoms with Crippen molar-refractivity contribution in [2.75, 3.05) is 18.0 Å². The number of Topliss-reactive ketones (excluding diaryl/α,β-unsaturated/α-hetero) is 1. The second-order valence-electron chi connectivity index (χ2n) is 5.03. The number of aryl methyl sites for hydroxylation is 1. The highest BCUT2D eigenvalue weighted by Crippen LogP contribution is 2.17. The number of carbonyl (C=O) groups is 1. The zero-order valence-electron chi connectivity index (χ0n) is 11.5. The molecular formula is C15H17N3O2. The molecule has 0 radical (unpaired) electrons. The van der Waals surface area contributed by atoms with Gasteiger partial charge in [0.15, 0.2) is 5.78 Å². The maximum atomic E-state index is 12.2. The molecule has 3 heterocycles. The standard InChI is InChI=1S/C15H17N3O2/c1-11-13(5-9-20-11)14(19)10-12-4-6-16-15(17-12)18-7-2-3-8-18/h4-6,9H,2-3,7-8,10H2,1H3. The number of furan rings is 1. The Morgan fingerprint density at radius 2 is 2.15 bits per heavy atom. The molecule has 3 rings (SSSR count). The second-order valence-corrected chi connectivity index (χ2v) is 5.03. The van der Waals surface area contributed by atoms with E-state index in [2.05, 4.69) is 14.9 Å². The topological polar surface area (TPSA) is 59.2 Å². The zero-order chi connectivity index (χ0) is 13.9. The largest absolute Gasteiger partial charge is 0.469 e. The highest BCUT2D eigenvalue weighted by molar-refractivity contribution is 5.98. The Morgan fingerprint density at radius 1 is 1.35 bits per heavy atom. The predicted molar refractivity (Wildman–Crippen MR) is 75.0 cm³/mol. The number of anilines is 1. The average Bonchev–Trinajstić information content (AvgIpc) is 3.09. The fraction of sp³-hybridized carbons (Fsp3) is 0.400. The van der Waals surface area contributed by atoms with Gasteiger partial charge in [0.05, 0.1) is 23.9 Å². The first kappa shape index (κ1) is 12.8. The molecule has 2 aromatic heterocycles. The predicted octanol–water partition coefficient (Wildman–Crippen LogP) is 2.40. The lowest BCUT2D eigenvalue weighted by Crippen LogP contribution is -2.21. The van der Waals surface area contributed by atoms with Gasteiger partial charge in [-0.15, -0.1) is 0 Å². The van der Waals surface area contributed by atoms with Crippen LogP contribution in [0, 0.1) is 6.92 Å². The minimum Gasteiger partial charge on any atom is -0.469 e. The van der Waals surface area contributed by atoms with E-state index in [4.69, 9.17) is 4.42 Å². The van der Waals surface area contributed by atoms with E-state index < -0.39 is 0 Å². The van der Waals surface area contributed by atoms with Crippen LogP contribution in [0.25, 0.3) is 0 Å². The van der Waals surface area contributed by atoms with Gasteiger partial charge < -0.3 is 9.32 Å². The van der Waals surface area contributed by atoms with Gasteiger partial charge in [-0.3, -0.25) is 4.79 Å². The van der Waals surface area contributed by atoms with E-state index in [1.54, 1.807) is 25.3 Å². The van der Waals surface area contributed by atoms with Crippen LogP contribution in [0.2, 0.25) is 0 Å². The first-order valence-corrected chi connectivity index (χ1v) is 6.88. The first-order valence-electron chi connectivity index (χ1n) is 6.88. The Morgan fingerprint density at radius 3 is 2.85 bits per heavy atom. The van der Waals surface area contributed by atoms with Crippen molar-refractivity contribution in [1.29, 1.82) is 0 Å². The molecule has 0 aliphatic carbocycles. The lowest BCUT2D eigenvalue weighted by atomic mass is 10.1. The number of hydrogen-bond donors (Lipinski definition) is 0. The average molecular weight is 271 g/mol. The van der Waals surface area contributed by atoms with Gasteiger partial charge in [-0.25, -0.2) is 9.97 Å². The molecule has 1 aliphatic heterocycles. The summed E-state index contributed by atoms with van der Waals surface area (Å²) in [5.41, 5.74) is 1.39. The van der Waals surface area contributed by atoms with Crippen molar-refractivity contribution >= 4 is 11.7 Å². The summed E-state index contributed by atoms with van der Waals surface area (Å²) in [6.45, 7) is 3.79. The van der Waals surface area contributed by atoms with Gasteiger partial charge in [-0.05, 0) is 31.9 Å². The number of aromatic nitrogens is 2. The SMILES string of the molecule is Cc1occc1C(=O)Cc1ccnc(N2CCCC2)n1. The third-order valence-corrected chi connectivity index (χ3v) is 3.59. The van der Waals surface area contributed by atoms with Crippen molar-refractivity contribution in [2.24, 2.45) is 0 Å². The number of ketones is 1. The molecule has 2 aromatic rings. The van der Waals surface area contributed by atoms with Crippen LogP contribution in [-0.2, 0) is 6.42 Å². The van der Waals surface area contributed by atoms with Crippen LogP contribution in [0.5, 0.6) is 0 Å². The maximum Gasteiger partial charge on any atom is 0.225 e. The molecule has 0 N–H and O–H groups in total. The molecule has 0 saturated carbocycles. The molecule has 0 spiro atoms. The number of nitrogens with zero attached hydrogens (tertiary/aromatic N) is 3. The van der Waals surface area contributed by atoms with Crippen LogP contribution in [0.3, 0.4) is 0 Å². The lowest BCUT2D eigenvalue weighted by Gasteiger charge is -2.15. The smallest absolute Gasteiger partial charge is 0.225 e. The summed E-state index contributed by atoms with van der Waals surface area (Å²) in [6.07, 6.45) is 5.91. The van der Waals surface area contributed by atoms with Crippen molar-refractivity contribution < 1.29 is 9.21 Å². The zero-order valence-corrected chi connectivity index (χ0v) is 11.5. The lowest BCUT2D eigenvalue weighted by molar-refractivity contribution is 0.0990. The van der Waals surface area contributed by atoms with E-state index in [-0.39, 0.29) is 12.2 Å². The van der Waals surface area contributed by atoms with E-state index in [0.717, 1.165) is 24.7 Å². The Balaban J connectivity index is 1.76. The van der Waals surface area contributed by atoms with Crippen molar-refractivity contribution in [1.82, 2.24) is 9.97 Å². The molecule has 0 aromatic carbocycles. The van der Waals surface area contributed by atoms with Crippen molar-refractivity contribution in [3.8, 4) is 0 Å². The maximum absolute atomic E-state index is 12.2. The highest BCUT2D eigenvalue weighted by Gasteiger charge is 2.17. The molecule has 104 valence electrons. The molecular weight excluding hydrogens is 254 g/mol. The molecule has 0 bridgehead atoms. The Bertz CT molecular complexity index is 615. The van der Waals surface area contributed by atoms with Crippen molar-refractivity contribution in [2.45, 2.75) is 26.2 Å². The summed E-state index contributed by atoms with van der Waals surface area (Å²) in [5.74, 6) is 1.42. The van der Waals surface area contributed by atoms with E-state index in [0.29, 0.717) is 11.3 Å². The fourth-order valence-corrected chi connectivity index (χ4v) is 2.49. The summed E-state index contributed by atoms with van der Waals surface area (Å²) in [4.78, 5) is 23.1. The van der Waals surface area contributed by atoms with Gasteiger partial charge >= 0.3 is 0 Å². The van der Waals surface area contributed by atoms with E-state index in [9.17, 15) is 4.79 Å². The van der Waals surface area contributed by atoms with E-state index in [1.807, 2.05) is 0 Å². The Labute approximate surface area is 117 Å². The van der Waals surface area contributed by atoms with E-state index >= 15 is 0 Å². The quantitative estimate of drug-likeness (QED) is 0.799. The van der Waals surface area contributed by atoms with E-state index in [1.165, 1.54) is 19.1 Å². The first-order chi connectivity index (χ1) is 9.74. The summed E-state index contributed by atoms with van der Waals surface area (Å²) in [5, 5.41) is 0. The summed E-state index contributed by atoms with van der Waals surface area (Å²) in [6, 6.07) is 3.51. The number of carbonyl (C=O) groups excluding carboxylic acids is 1. The summed E-state index contributed by atoms with van der Waals surface area (Å²) < 4.78 is 5.17. The van der Waals surface area contributed by atoms with Crippen molar-refractivity contribution in [3.05, 3.63) is 41.6 Å². The minimum atomic E-state index is 0.0299. The molecule has 0 atom stereocenters. The van der Waals surface area contributed by atoms with Gasteiger partial charge in [0, 0.05) is 19.3 Å². The molecule has 5 nitrogen and oxygen atoms in total. The third-order valence-electron chi connectivity index (χ3n) is 3.59. The number of hydrogen-bond acceptors (Lipinski definition) is 5. The fourth-order valence-electron chi connectivity index (χ4n) is 2.49. The van der Waals surface area contributed by atoms with Gasteiger partial charge in [-0.2, -0.15) is 0 Å². The van der Waals surface area contributed by atoms with Gasteiger partial charge in [0.2, 0.25) is 5.95 Å². The number of rotatable bonds is 4. The van der Waals surface area contributed by atoms with Crippen LogP contribution in [0.15, 0.2) is 29.0 Å². The molecule has 5 heteroatoms. The van der Waals surface area contributed by atoms with Gasteiger partial charge in [0.25, 0.3) is 0 Å². The molecule has 20 heavy (non-hydrogen) atoms. The van der Waals surface area contributed by atoms with Gasteiger partial charge in [0.1, 0.15) is 5.76 Å². The summed E-state index contributed by atoms with van der Waals surface area (Å²) >= 11 is 0. The monoisotopic (exact) mass is 271 g/mol. The Kier molecular flexibility index (Phi) is 3.50. The molecule has 1 aliphatic rings. The second kappa shape index (κ2) is 5.45. The summed E-state index contributed by atoms with van der Waals surface area (Å²) in [7, 11) is 0. The van der Waals surface area contributed by atoms with Crippen LogP contribution >= 0.6 is 0 Å². The Hall–Kier alpha value is -2.17. The van der Waals surface area contributed by atoms with Gasteiger partial charge in [-0.1, -0.05) is 0 Å². The van der Waals surface area contributed by atoms with Crippen LogP contribution in [0.1, 0.15) is 34.7 Å². The third kappa shape index (κ3) is 2.57. The van der Waals surface area contributed by atoms with Crippen LogP contribution < -0.4 is 4.90 Å². The highest BCUT2D eigenvalue weighted by atomic mass is 16.3. The van der Waals surface area contributed by atoms with Crippen LogP contribution in [0.4, 0.5) is 5.95 Å². The molecule has 0 amide bonds. The van der Waals surface area contributed by atoms with Crippen molar-refractivity contribution in [3.63, 3.8) is 0 Å². The molecule has 1 saturated heterocycles. The normalized spacial score (nSPS) is 14.8. The van der Waals surface area contributed by atoms with Crippen LogP contribution in [-0.4, -0.2) is 28.8 Å². The molecule has 0 unspecified atom stereocenters.